The van der Waals surface area contributed by atoms with Gasteiger partial charge in [-0.25, -0.2) is 0 Å². The maximum atomic E-state index is 9.18. The van der Waals surface area contributed by atoms with Crippen LogP contribution in [0.5, 0.6) is 5.75 Å². The summed E-state index contributed by atoms with van der Waals surface area (Å²) in [6.45, 7) is 2.39. The second-order valence-electron chi connectivity index (χ2n) is 5.78. The van der Waals surface area contributed by atoms with Crippen LogP contribution in [0.2, 0.25) is 5.02 Å². The number of aliphatic hydroxyl groups is 1. The second-order valence-corrected chi connectivity index (χ2v) is 7.42. The summed E-state index contributed by atoms with van der Waals surface area (Å²) in [5, 5.41) is 9.88. The van der Waals surface area contributed by atoms with E-state index in [0.717, 1.165) is 18.6 Å². The molecule has 0 aliphatic rings. The zero-order chi connectivity index (χ0) is 16.7. The number of thiophene rings is 1. The molecule has 3 N–H and O–H groups in total. The molecule has 2 rings (SSSR count). The number of benzene rings is 1. The molecular weight excluding hydrogens is 330 g/mol. The van der Waals surface area contributed by atoms with Crippen molar-refractivity contribution in [3.05, 3.63) is 57.3 Å². The Hall–Kier alpha value is -1.33. The maximum Gasteiger partial charge on any atom is 0.119 e. The third kappa shape index (κ3) is 6.36. The fraction of sp³-hybridized carbons (Fsp3) is 0.333. The quantitative estimate of drug-likeness (QED) is 0.751. The molecule has 1 unspecified atom stereocenters. The number of nitrogens with two attached hydrogens (primary N) is 1. The summed E-state index contributed by atoms with van der Waals surface area (Å²) >= 11 is 7.56. The highest BCUT2D eigenvalue weighted by Gasteiger charge is 2.16. The predicted molar refractivity (Wildman–Crippen MR) is 98.3 cm³/mol. The fourth-order valence-corrected chi connectivity index (χ4v) is 3.01. The summed E-state index contributed by atoms with van der Waals surface area (Å²) in [5.41, 5.74) is 5.44. The van der Waals surface area contributed by atoms with Crippen LogP contribution in [0.1, 0.15) is 23.1 Å². The van der Waals surface area contributed by atoms with Crippen LogP contribution in [0, 0.1) is 0 Å². The lowest BCUT2D eigenvalue weighted by atomic mass is 9.98. The number of aryl methyl sites for hydroxylation is 1. The second kappa shape index (κ2) is 8.50. The van der Waals surface area contributed by atoms with Gasteiger partial charge in [-0.1, -0.05) is 11.6 Å². The highest BCUT2D eigenvalue weighted by Crippen LogP contribution is 2.21. The standard InChI is InChI=1S/C18H22ClNO2S/c1-18(20,13-21)11-10-17-9-8-16(23-17)3-2-12-22-15-6-4-14(19)5-7-15/h2-9,21H,10-13,20H2,1H3/b3-2+. The van der Waals surface area contributed by atoms with Gasteiger partial charge in [0, 0.05) is 20.3 Å². The van der Waals surface area contributed by atoms with Crippen molar-refractivity contribution in [2.45, 2.75) is 25.3 Å². The highest BCUT2D eigenvalue weighted by atomic mass is 35.5. The molecule has 0 saturated heterocycles. The van der Waals surface area contributed by atoms with Crippen molar-refractivity contribution in [2.24, 2.45) is 5.73 Å². The molecule has 0 fully saturated rings. The van der Waals surface area contributed by atoms with Crippen LogP contribution in [0.15, 0.2) is 42.5 Å². The third-order valence-electron chi connectivity index (χ3n) is 3.43. The summed E-state index contributed by atoms with van der Waals surface area (Å²) in [5.74, 6) is 0.803. The molecule has 5 heteroatoms. The lowest BCUT2D eigenvalue weighted by Gasteiger charge is -2.20. The van der Waals surface area contributed by atoms with Crippen molar-refractivity contribution in [1.29, 1.82) is 0 Å². The molecule has 0 radical (unpaired) electrons. The van der Waals surface area contributed by atoms with Crippen LogP contribution in [-0.2, 0) is 6.42 Å². The van der Waals surface area contributed by atoms with E-state index in [4.69, 9.17) is 22.1 Å². The van der Waals surface area contributed by atoms with E-state index in [1.54, 1.807) is 11.3 Å². The van der Waals surface area contributed by atoms with Gasteiger partial charge in [0.25, 0.3) is 0 Å². The first-order valence-electron chi connectivity index (χ1n) is 7.52. The summed E-state index contributed by atoms with van der Waals surface area (Å²) in [7, 11) is 0. The molecule has 0 aliphatic carbocycles. The van der Waals surface area contributed by atoms with Crippen LogP contribution < -0.4 is 10.5 Å². The van der Waals surface area contributed by atoms with Gasteiger partial charge in [-0.3, -0.25) is 0 Å². The fourth-order valence-electron chi connectivity index (χ4n) is 1.95. The molecule has 1 atom stereocenters. The predicted octanol–water partition coefficient (Wildman–Crippen LogP) is 4.14. The first-order chi connectivity index (χ1) is 11.0. The average molecular weight is 352 g/mol. The van der Waals surface area contributed by atoms with Gasteiger partial charge in [-0.05, 0) is 68.3 Å². The normalized spacial score (nSPS) is 14.1. The molecule has 124 valence electrons. The Labute approximate surface area is 146 Å². The lowest BCUT2D eigenvalue weighted by molar-refractivity contribution is 0.201. The van der Waals surface area contributed by atoms with Gasteiger partial charge in [0.1, 0.15) is 12.4 Å². The van der Waals surface area contributed by atoms with Crippen molar-refractivity contribution in [3.63, 3.8) is 0 Å². The molecule has 23 heavy (non-hydrogen) atoms. The molecular formula is C18H22ClNO2S. The van der Waals surface area contributed by atoms with Gasteiger partial charge in [0.05, 0.1) is 6.61 Å². The van der Waals surface area contributed by atoms with Gasteiger partial charge in [-0.2, -0.15) is 0 Å². The number of rotatable bonds is 8. The molecule has 3 nitrogen and oxygen atoms in total. The highest BCUT2D eigenvalue weighted by molar-refractivity contribution is 7.12. The number of aliphatic hydroxyl groups excluding tert-OH is 1. The molecule has 1 aromatic heterocycles. The SMILES string of the molecule is CC(N)(CO)CCc1ccc(/C=C/COc2ccc(Cl)cc2)s1. The van der Waals surface area contributed by atoms with Gasteiger partial charge in [-0.15, -0.1) is 11.3 Å². The minimum atomic E-state index is -0.508. The Morgan fingerprint density at radius 2 is 2.00 bits per heavy atom. The van der Waals surface area contributed by atoms with Gasteiger partial charge in [0.15, 0.2) is 0 Å². The van der Waals surface area contributed by atoms with Crippen molar-refractivity contribution in [3.8, 4) is 5.75 Å². The minimum Gasteiger partial charge on any atom is -0.490 e. The molecule has 0 bridgehead atoms. The molecule has 0 aliphatic heterocycles. The number of halogens is 1. The van der Waals surface area contributed by atoms with Crippen LogP contribution >= 0.6 is 22.9 Å². The maximum absolute atomic E-state index is 9.18. The van der Waals surface area contributed by atoms with Crippen molar-refractivity contribution in [1.82, 2.24) is 0 Å². The van der Waals surface area contributed by atoms with Crippen LogP contribution in [-0.4, -0.2) is 23.9 Å². The van der Waals surface area contributed by atoms with E-state index in [1.165, 1.54) is 9.75 Å². The summed E-state index contributed by atoms with van der Waals surface area (Å²) in [4.78, 5) is 2.45. The Morgan fingerprint density at radius 3 is 2.70 bits per heavy atom. The van der Waals surface area contributed by atoms with Crippen LogP contribution in [0.4, 0.5) is 0 Å². The van der Waals surface area contributed by atoms with E-state index in [-0.39, 0.29) is 6.61 Å². The topological polar surface area (TPSA) is 55.5 Å². The van der Waals surface area contributed by atoms with Gasteiger partial charge < -0.3 is 15.6 Å². The Balaban J connectivity index is 1.78. The van der Waals surface area contributed by atoms with E-state index < -0.39 is 5.54 Å². The van der Waals surface area contributed by atoms with E-state index in [9.17, 15) is 5.11 Å². The molecule has 1 aromatic carbocycles. The molecule has 0 amide bonds. The van der Waals surface area contributed by atoms with E-state index in [1.807, 2.05) is 37.3 Å². The smallest absolute Gasteiger partial charge is 0.119 e. The average Bonchev–Trinajstić information content (AvgIpc) is 2.99. The number of ether oxygens (including phenoxy) is 1. The summed E-state index contributed by atoms with van der Waals surface area (Å²) in [6, 6.07) is 11.5. The Kier molecular flexibility index (Phi) is 6.66. The van der Waals surface area contributed by atoms with Gasteiger partial charge >= 0.3 is 0 Å². The summed E-state index contributed by atoms with van der Waals surface area (Å²) in [6.07, 6.45) is 5.70. The minimum absolute atomic E-state index is 0.00712. The van der Waals surface area contributed by atoms with E-state index in [2.05, 4.69) is 18.2 Å². The van der Waals surface area contributed by atoms with Crippen molar-refractivity contribution >= 4 is 29.0 Å². The van der Waals surface area contributed by atoms with Crippen molar-refractivity contribution in [2.75, 3.05) is 13.2 Å². The third-order valence-corrected chi connectivity index (χ3v) is 4.79. The van der Waals surface area contributed by atoms with Gasteiger partial charge in [0.2, 0.25) is 0 Å². The molecule has 0 saturated carbocycles. The van der Waals surface area contributed by atoms with Crippen molar-refractivity contribution < 1.29 is 9.84 Å². The first kappa shape index (κ1) is 18.0. The Morgan fingerprint density at radius 1 is 1.26 bits per heavy atom. The van der Waals surface area contributed by atoms with Crippen LogP contribution in [0.3, 0.4) is 0 Å². The molecule has 0 spiro atoms. The Bertz CT molecular complexity index is 635. The zero-order valence-corrected chi connectivity index (χ0v) is 14.7. The monoisotopic (exact) mass is 351 g/mol. The van der Waals surface area contributed by atoms with E-state index in [0.29, 0.717) is 11.6 Å². The van der Waals surface area contributed by atoms with E-state index >= 15 is 0 Å². The number of hydrogen-bond acceptors (Lipinski definition) is 4. The molecule has 1 heterocycles. The van der Waals surface area contributed by atoms with Crippen LogP contribution in [0.25, 0.3) is 6.08 Å². The lowest BCUT2D eigenvalue weighted by Crippen LogP contribution is -2.40. The first-order valence-corrected chi connectivity index (χ1v) is 8.71. The largest absolute Gasteiger partial charge is 0.490 e. The summed E-state index contributed by atoms with van der Waals surface area (Å²) < 4.78 is 5.61. The zero-order valence-electron chi connectivity index (χ0n) is 13.2. The number of hydrogen-bond donors (Lipinski definition) is 2. The molecule has 2 aromatic rings.